The number of alkyl carbamates (subject to hydrolysis) is 1. The zero-order valence-electron chi connectivity index (χ0n) is 25.2. The minimum atomic E-state index is -1.42. The number of piperidine rings is 1. The second-order valence-electron chi connectivity index (χ2n) is 12.3. The average molecular weight is 650 g/mol. The van der Waals surface area contributed by atoms with Crippen molar-refractivity contribution in [3.8, 4) is 11.3 Å². The molecule has 12 nitrogen and oxygen atoms in total. The average Bonchev–Trinajstić information content (AvgIpc) is 3.48. The van der Waals surface area contributed by atoms with Gasteiger partial charge in [-0.25, -0.2) is 13.9 Å². The van der Waals surface area contributed by atoms with Gasteiger partial charge in [0.2, 0.25) is 5.95 Å². The van der Waals surface area contributed by atoms with Gasteiger partial charge in [-0.1, -0.05) is 23.2 Å². The van der Waals surface area contributed by atoms with Crippen LogP contribution in [0.4, 0.5) is 15.1 Å². The number of hydrogen-bond donors (Lipinski definition) is 1. The SMILES string of the molecule is Cn1nc2ccc(-c3nn(C4CCCCO4)c4nc(N5CC[C@H](NC(=O)OC(C)(C)C)[C@H](F)C5)n(C)c(=O)c34)c(Cl)c2c1Cl. The largest absolute Gasteiger partial charge is 0.444 e. The van der Waals surface area contributed by atoms with E-state index in [1.807, 2.05) is 0 Å². The molecule has 2 aliphatic rings. The van der Waals surface area contributed by atoms with Gasteiger partial charge in [0.05, 0.1) is 28.5 Å². The third kappa shape index (κ3) is 5.49. The van der Waals surface area contributed by atoms with Gasteiger partial charge in [0, 0.05) is 32.8 Å². The van der Waals surface area contributed by atoms with Crippen molar-refractivity contribution in [2.45, 2.75) is 70.5 Å². The summed E-state index contributed by atoms with van der Waals surface area (Å²) in [7, 11) is 3.33. The summed E-state index contributed by atoms with van der Waals surface area (Å²) in [5.74, 6) is 0.293. The Kier molecular flexibility index (Phi) is 8.00. The van der Waals surface area contributed by atoms with Gasteiger partial charge in [0.25, 0.3) is 5.56 Å². The number of nitrogens with one attached hydrogen (secondary N) is 1. The molecule has 236 valence electrons. The van der Waals surface area contributed by atoms with E-state index in [0.717, 1.165) is 12.8 Å². The lowest BCUT2D eigenvalue weighted by Gasteiger charge is -2.36. The van der Waals surface area contributed by atoms with Crippen LogP contribution >= 0.6 is 23.2 Å². The standard InChI is InChI=1S/C29H35Cl2FN8O4/c1-29(2,3)44-28(42)33-17-11-12-39(14-16(17)32)27-34-25-21(26(41)37(27)4)23(36-40(25)19-8-6-7-13-43-19)15-9-10-18-20(22(15)30)24(31)38(5)35-18/h9-10,16-17,19H,6-8,11-14H2,1-5H3,(H,33,42)/t16-,17+,19?/m1/s1. The summed E-state index contributed by atoms with van der Waals surface area (Å²) in [6, 6.07) is 2.82. The van der Waals surface area contributed by atoms with Crippen molar-refractivity contribution < 1.29 is 18.7 Å². The van der Waals surface area contributed by atoms with Gasteiger partial charge < -0.3 is 19.7 Å². The molecular formula is C29H35Cl2FN8O4. The van der Waals surface area contributed by atoms with Crippen molar-refractivity contribution in [2.24, 2.45) is 14.1 Å². The molecular weight excluding hydrogens is 614 g/mol. The molecule has 0 aliphatic carbocycles. The van der Waals surface area contributed by atoms with Gasteiger partial charge in [0.1, 0.15) is 28.0 Å². The molecule has 1 aromatic carbocycles. The molecule has 0 bridgehead atoms. The minimum Gasteiger partial charge on any atom is -0.444 e. The number of nitrogens with zero attached hydrogens (tertiary/aromatic N) is 7. The van der Waals surface area contributed by atoms with E-state index < -0.39 is 30.1 Å². The van der Waals surface area contributed by atoms with Crippen LogP contribution in [0.25, 0.3) is 33.2 Å². The summed E-state index contributed by atoms with van der Waals surface area (Å²) in [5, 5.41) is 13.4. The Hall–Kier alpha value is -3.42. The Bertz CT molecular complexity index is 1810. The number of amides is 1. The van der Waals surface area contributed by atoms with Crippen LogP contribution in [0.15, 0.2) is 16.9 Å². The number of hydrogen-bond acceptors (Lipinski definition) is 8. The maximum atomic E-state index is 15.4. The topological polar surface area (TPSA) is 121 Å². The molecule has 15 heteroatoms. The third-order valence-corrected chi connectivity index (χ3v) is 8.81. The number of fused-ring (bicyclic) bond motifs is 2. The van der Waals surface area contributed by atoms with Gasteiger partial charge in [-0.15, -0.1) is 0 Å². The maximum Gasteiger partial charge on any atom is 0.407 e. The van der Waals surface area contributed by atoms with E-state index in [2.05, 4.69) is 10.4 Å². The highest BCUT2D eigenvalue weighted by atomic mass is 35.5. The van der Waals surface area contributed by atoms with E-state index >= 15 is 4.39 Å². The molecule has 3 atom stereocenters. The van der Waals surface area contributed by atoms with Crippen molar-refractivity contribution >= 4 is 57.2 Å². The third-order valence-electron chi connectivity index (χ3n) is 7.99. The van der Waals surface area contributed by atoms with E-state index in [0.29, 0.717) is 69.9 Å². The maximum absolute atomic E-state index is 15.4. The van der Waals surface area contributed by atoms with Crippen LogP contribution in [0.2, 0.25) is 10.2 Å². The van der Waals surface area contributed by atoms with E-state index in [-0.39, 0.29) is 17.5 Å². The quantitative estimate of drug-likeness (QED) is 0.323. The molecule has 0 radical (unpaired) electrons. The zero-order chi connectivity index (χ0) is 31.5. The summed E-state index contributed by atoms with van der Waals surface area (Å²) in [4.78, 5) is 33.0. The predicted molar refractivity (Wildman–Crippen MR) is 166 cm³/mol. The van der Waals surface area contributed by atoms with E-state index in [4.69, 9.17) is 42.8 Å². The fourth-order valence-electron chi connectivity index (χ4n) is 5.85. The molecule has 1 N–H and O–H groups in total. The summed E-state index contributed by atoms with van der Waals surface area (Å²) >= 11 is 13.4. The molecule has 4 aromatic rings. The van der Waals surface area contributed by atoms with Crippen LogP contribution in [0.3, 0.4) is 0 Å². The Morgan fingerprint density at radius 2 is 1.91 bits per heavy atom. The van der Waals surface area contributed by atoms with Crippen molar-refractivity contribution in [3.63, 3.8) is 0 Å². The number of halogens is 3. The van der Waals surface area contributed by atoms with Crippen LogP contribution < -0.4 is 15.8 Å². The number of carbonyl (C=O) groups is 1. The summed E-state index contributed by atoms with van der Waals surface area (Å²) in [6.45, 7) is 6.08. The van der Waals surface area contributed by atoms with Gasteiger partial charge in [0.15, 0.2) is 11.9 Å². The molecule has 6 rings (SSSR count). The second-order valence-corrected chi connectivity index (χ2v) is 13.1. The molecule has 1 amide bonds. The summed E-state index contributed by atoms with van der Waals surface area (Å²) in [5.41, 5.74) is 0.743. The fraction of sp³-hybridized carbons (Fsp3) is 0.552. The number of alkyl halides is 1. The van der Waals surface area contributed by atoms with Gasteiger partial charge in [-0.2, -0.15) is 15.2 Å². The molecule has 1 unspecified atom stereocenters. The van der Waals surface area contributed by atoms with Gasteiger partial charge in [-0.3, -0.25) is 14.0 Å². The number of rotatable bonds is 4. The predicted octanol–water partition coefficient (Wildman–Crippen LogP) is 5.13. The first-order chi connectivity index (χ1) is 20.8. The highest BCUT2D eigenvalue weighted by Gasteiger charge is 2.35. The Morgan fingerprint density at radius 1 is 1.14 bits per heavy atom. The fourth-order valence-corrected chi connectivity index (χ4v) is 6.47. The van der Waals surface area contributed by atoms with Crippen molar-refractivity contribution in [1.82, 2.24) is 34.4 Å². The molecule has 2 fully saturated rings. The monoisotopic (exact) mass is 648 g/mol. The Morgan fingerprint density at radius 3 is 2.59 bits per heavy atom. The molecule has 3 aromatic heterocycles. The van der Waals surface area contributed by atoms with E-state index in [1.165, 1.54) is 9.25 Å². The molecule has 0 saturated carbocycles. The lowest BCUT2D eigenvalue weighted by molar-refractivity contribution is -0.0368. The number of aryl methyl sites for hydroxylation is 1. The summed E-state index contributed by atoms with van der Waals surface area (Å²) < 4.78 is 31.4. The van der Waals surface area contributed by atoms with Crippen LogP contribution in [0.5, 0.6) is 0 Å². The van der Waals surface area contributed by atoms with Gasteiger partial charge >= 0.3 is 6.09 Å². The number of anilines is 1. The first-order valence-electron chi connectivity index (χ1n) is 14.6. The van der Waals surface area contributed by atoms with Crippen molar-refractivity contribution in [3.05, 3.63) is 32.7 Å². The Labute approximate surface area is 263 Å². The first kappa shape index (κ1) is 30.6. The summed E-state index contributed by atoms with van der Waals surface area (Å²) in [6.07, 6.45) is 0.326. The highest BCUT2D eigenvalue weighted by molar-refractivity contribution is 6.43. The molecule has 2 aliphatic heterocycles. The van der Waals surface area contributed by atoms with E-state index in [1.54, 1.807) is 56.6 Å². The van der Waals surface area contributed by atoms with Crippen LogP contribution in [0.1, 0.15) is 52.7 Å². The van der Waals surface area contributed by atoms with Crippen molar-refractivity contribution in [2.75, 3.05) is 24.6 Å². The number of ether oxygens (including phenoxy) is 2. The lowest BCUT2D eigenvalue weighted by atomic mass is 10.0. The molecule has 0 spiro atoms. The minimum absolute atomic E-state index is 0.0742. The highest BCUT2D eigenvalue weighted by Crippen LogP contribution is 2.40. The van der Waals surface area contributed by atoms with E-state index in [9.17, 15) is 9.59 Å². The number of aromatic nitrogens is 6. The molecule has 5 heterocycles. The normalized spacial score (nSPS) is 21.3. The Balaban J connectivity index is 1.41. The van der Waals surface area contributed by atoms with Crippen LogP contribution in [-0.4, -0.2) is 72.7 Å². The smallest absolute Gasteiger partial charge is 0.407 e. The number of benzene rings is 1. The molecule has 2 saturated heterocycles. The molecule has 44 heavy (non-hydrogen) atoms. The van der Waals surface area contributed by atoms with Crippen LogP contribution in [-0.2, 0) is 23.6 Å². The number of carbonyl (C=O) groups excluding carboxylic acids is 1. The van der Waals surface area contributed by atoms with Crippen LogP contribution in [0, 0.1) is 0 Å². The van der Waals surface area contributed by atoms with Crippen molar-refractivity contribution in [1.29, 1.82) is 0 Å². The zero-order valence-corrected chi connectivity index (χ0v) is 26.7. The first-order valence-corrected chi connectivity index (χ1v) is 15.4. The van der Waals surface area contributed by atoms with Gasteiger partial charge in [-0.05, 0) is 58.6 Å². The second kappa shape index (κ2) is 11.5. The lowest BCUT2D eigenvalue weighted by Crippen LogP contribution is -2.54.